The summed E-state index contributed by atoms with van der Waals surface area (Å²) in [5.41, 5.74) is 0.0916. The molecule has 0 atom stereocenters. The summed E-state index contributed by atoms with van der Waals surface area (Å²) in [6, 6.07) is 4.36. The van der Waals surface area contributed by atoms with Gasteiger partial charge in [0.05, 0.1) is 10.7 Å². The summed E-state index contributed by atoms with van der Waals surface area (Å²) in [5.74, 6) is -0.158. The lowest BCUT2D eigenvalue weighted by atomic mass is 10.3. The van der Waals surface area contributed by atoms with Gasteiger partial charge in [0.1, 0.15) is 11.7 Å². The van der Waals surface area contributed by atoms with Gasteiger partial charge >= 0.3 is 6.01 Å². The first kappa shape index (κ1) is 11.2. The van der Waals surface area contributed by atoms with Crippen molar-refractivity contribution < 1.29 is 8.81 Å². The largest absolute Gasteiger partial charge is 0.407 e. The summed E-state index contributed by atoms with van der Waals surface area (Å²) in [6.07, 6.45) is 0. The molecule has 0 spiro atoms. The average Bonchev–Trinajstić information content (AvgIpc) is 2.71. The highest BCUT2D eigenvalue weighted by molar-refractivity contribution is 6.33. The minimum atomic E-state index is -0.502. The van der Waals surface area contributed by atoms with Crippen molar-refractivity contribution in [3.8, 4) is 0 Å². The maximum Gasteiger partial charge on any atom is 0.320 e. The fourth-order valence-corrected chi connectivity index (χ4v) is 1.40. The molecular formula is C9H6Cl2FN3O. The smallest absolute Gasteiger partial charge is 0.320 e. The molecule has 1 N–H and O–H groups in total. The molecular weight excluding hydrogens is 256 g/mol. The minimum Gasteiger partial charge on any atom is -0.407 e. The number of benzene rings is 1. The van der Waals surface area contributed by atoms with Crippen molar-refractivity contribution in [2.45, 2.75) is 5.88 Å². The second-order valence-corrected chi connectivity index (χ2v) is 3.53. The Labute approximate surface area is 100 Å². The van der Waals surface area contributed by atoms with E-state index in [1.807, 2.05) is 0 Å². The summed E-state index contributed by atoms with van der Waals surface area (Å²) in [6.45, 7) is 0. The lowest BCUT2D eigenvalue weighted by molar-refractivity contribution is 0.529. The molecule has 0 aliphatic carbocycles. The van der Waals surface area contributed by atoms with Crippen LogP contribution >= 0.6 is 23.2 Å². The quantitative estimate of drug-likeness (QED) is 0.862. The van der Waals surface area contributed by atoms with Crippen LogP contribution < -0.4 is 5.32 Å². The van der Waals surface area contributed by atoms with Crippen LogP contribution in [0.15, 0.2) is 22.6 Å². The standard InChI is InChI=1S/C9H6Cl2FN3O/c10-4-7-14-15-9(16-7)13-8-5(11)2-1-3-6(8)12/h1-3H,4H2,(H,13,15). The number of nitrogens with zero attached hydrogens (tertiary/aromatic N) is 2. The second-order valence-electron chi connectivity index (χ2n) is 2.86. The van der Waals surface area contributed by atoms with Gasteiger partial charge in [-0.05, 0) is 12.1 Å². The normalized spacial score (nSPS) is 10.4. The zero-order chi connectivity index (χ0) is 11.5. The van der Waals surface area contributed by atoms with Gasteiger partial charge in [0.25, 0.3) is 0 Å². The van der Waals surface area contributed by atoms with Gasteiger partial charge in [0, 0.05) is 0 Å². The Bertz CT molecular complexity index is 483. The highest BCUT2D eigenvalue weighted by Gasteiger charge is 2.11. The predicted molar refractivity (Wildman–Crippen MR) is 58.5 cm³/mol. The van der Waals surface area contributed by atoms with E-state index < -0.39 is 5.82 Å². The zero-order valence-corrected chi connectivity index (χ0v) is 9.39. The fourth-order valence-electron chi connectivity index (χ4n) is 1.08. The van der Waals surface area contributed by atoms with E-state index in [4.69, 9.17) is 27.6 Å². The van der Waals surface area contributed by atoms with Crippen LogP contribution in [0, 0.1) is 5.82 Å². The molecule has 0 fully saturated rings. The molecule has 0 saturated heterocycles. The maximum absolute atomic E-state index is 13.4. The van der Waals surface area contributed by atoms with Crippen molar-refractivity contribution >= 4 is 34.9 Å². The van der Waals surface area contributed by atoms with Crippen LogP contribution in [0.25, 0.3) is 0 Å². The van der Waals surface area contributed by atoms with Crippen LogP contribution in [-0.4, -0.2) is 10.2 Å². The third-order valence-electron chi connectivity index (χ3n) is 1.78. The van der Waals surface area contributed by atoms with Crippen molar-refractivity contribution in [2.75, 3.05) is 5.32 Å². The van der Waals surface area contributed by atoms with E-state index in [-0.39, 0.29) is 28.5 Å². The Balaban J connectivity index is 2.26. The van der Waals surface area contributed by atoms with Gasteiger partial charge in [0.2, 0.25) is 5.89 Å². The van der Waals surface area contributed by atoms with Crippen LogP contribution in [0.5, 0.6) is 0 Å². The van der Waals surface area contributed by atoms with Crippen molar-refractivity contribution in [1.82, 2.24) is 10.2 Å². The molecule has 0 radical (unpaired) electrons. The Morgan fingerprint density at radius 3 is 2.81 bits per heavy atom. The SMILES string of the molecule is Fc1cccc(Cl)c1Nc1nnc(CCl)o1. The topological polar surface area (TPSA) is 51.0 Å². The Morgan fingerprint density at radius 1 is 1.38 bits per heavy atom. The molecule has 84 valence electrons. The predicted octanol–water partition coefficient (Wildman–Crippen LogP) is 3.34. The lowest BCUT2D eigenvalue weighted by Gasteiger charge is -2.04. The zero-order valence-electron chi connectivity index (χ0n) is 7.88. The molecule has 4 nitrogen and oxygen atoms in total. The molecule has 0 saturated carbocycles. The summed E-state index contributed by atoms with van der Waals surface area (Å²) < 4.78 is 18.4. The van der Waals surface area contributed by atoms with E-state index >= 15 is 0 Å². The van der Waals surface area contributed by atoms with Crippen molar-refractivity contribution in [1.29, 1.82) is 0 Å². The number of hydrogen-bond donors (Lipinski definition) is 1. The van der Waals surface area contributed by atoms with Crippen LogP contribution in [-0.2, 0) is 5.88 Å². The number of rotatable bonds is 3. The Morgan fingerprint density at radius 2 is 2.19 bits per heavy atom. The molecule has 0 unspecified atom stereocenters. The van der Waals surface area contributed by atoms with Gasteiger partial charge in [-0.15, -0.1) is 16.7 Å². The highest BCUT2D eigenvalue weighted by atomic mass is 35.5. The number of hydrogen-bond acceptors (Lipinski definition) is 4. The van der Waals surface area contributed by atoms with Crippen molar-refractivity contribution in [3.63, 3.8) is 0 Å². The molecule has 1 aromatic carbocycles. The van der Waals surface area contributed by atoms with E-state index in [0.29, 0.717) is 0 Å². The molecule has 1 aromatic heterocycles. The number of para-hydroxylation sites is 1. The Hall–Kier alpha value is -1.33. The van der Waals surface area contributed by atoms with Gasteiger partial charge < -0.3 is 9.73 Å². The van der Waals surface area contributed by atoms with Gasteiger partial charge in [-0.3, -0.25) is 0 Å². The van der Waals surface area contributed by atoms with Gasteiger partial charge in [-0.2, -0.15) is 0 Å². The molecule has 0 aliphatic heterocycles. The van der Waals surface area contributed by atoms with Crippen LogP contribution in [0.3, 0.4) is 0 Å². The van der Waals surface area contributed by atoms with Crippen LogP contribution in [0.1, 0.15) is 5.89 Å². The third-order valence-corrected chi connectivity index (χ3v) is 2.32. The maximum atomic E-state index is 13.4. The lowest BCUT2D eigenvalue weighted by Crippen LogP contribution is -1.94. The molecule has 0 amide bonds. The molecule has 1 heterocycles. The molecule has 7 heteroatoms. The highest BCUT2D eigenvalue weighted by Crippen LogP contribution is 2.27. The van der Waals surface area contributed by atoms with E-state index in [9.17, 15) is 4.39 Å². The molecule has 16 heavy (non-hydrogen) atoms. The van der Waals surface area contributed by atoms with Gasteiger partial charge in [0.15, 0.2) is 0 Å². The number of halogens is 3. The third kappa shape index (κ3) is 2.25. The number of aromatic nitrogens is 2. The summed E-state index contributed by atoms with van der Waals surface area (Å²) in [5, 5.41) is 10.1. The minimum absolute atomic E-state index is 0.0441. The van der Waals surface area contributed by atoms with Gasteiger partial charge in [-0.1, -0.05) is 22.8 Å². The van der Waals surface area contributed by atoms with Crippen molar-refractivity contribution in [3.05, 3.63) is 34.9 Å². The fraction of sp³-hybridized carbons (Fsp3) is 0.111. The van der Waals surface area contributed by atoms with E-state index in [1.54, 1.807) is 6.07 Å². The molecule has 0 bridgehead atoms. The first-order valence-electron chi connectivity index (χ1n) is 4.30. The summed E-state index contributed by atoms with van der Waals surface area (Å²) >= 11 is 11.3. The van der Waals surface area contributed by atoms with Crippen LogP contribution in [0.2, 0.25) is 5.02 Å². The first-order chi connectivity index (χ1) is 7.70. The molecule has 2 rings (SSSR count). The Kier molecular flexibility index (Phi) is 3.26. The second kappa shape index (κ2) is 4.67. The number of alkyl halides is 1. The van der Waals surface area contributed by atoms with E-state index in [2.05, 4.69) is 15.5 Å². The summed E-state index contributed by atoms with van der Waals surface area (Å²) in [7, 11) is 0. The number of nitrogens with one attached hydrogen (secondary N) is 1. The summed E-state index contributed by atoms with van der Waals surface area (Å²) in [4.78, 5) is 0. The molecule has 2 aromatic rings. The van der Waals surface area contributed by atoms with E-state index in [0.717, 1.165) is 0 Å². The first-order valence-corrected chi connectivity index (χ1v) is 5.21. The van der Waals surface area contributed by atoms with E-state index in [1.165, 1.54) is 12.1 Å². The monoisotopic (exact) mass is 261 g/mol. The number of anilines is 2. The molecule has 0 aliphatic rings. The van der Waals surface area contributed by atoms with Crippen LogP contribution in [0.4, 0.5) is 16.1 Å². The average molecular weight is 262 g/mol. The van der Waals surface area contributed by atoms with Gasteiger partial charge in [-0.25, -0.2) is 4.39 Å². The van der Waals surface area contributed by atoms with Crippen molar-refractivity contribution in [2.24, 2.45) is 0 Å².